The number of nitrogens with one attached hydrogen (secondary N) is 1. The second-order valence-corrected chi connectivity index (χ2v) is 7.72. The Balaban J connectivity index is 2.04. The maximum atomic E-state index is 12.1. The molecular formula is C13H19ClN2O3S. The van der Waals surface area contributed by atoms with Crippen molar-refractivity contribution in [3.8, 4) is 0 Å². The summed E-state index contributed by atoms with van der Waals surface area (Å²) in [5.74, 6) is 0.412. The Morgan fingerprint density at radius 2 is 2.30 bits per heavy atom. The molecule has 2 unspecified atom stereocenters. The van der Waals surface area contributed by atoms with E-state index in [2.05, 4.69) is 16.6 Å². The van der Waals surface area contributed by atoms with Gasteiger partial charge in [0.25, 0.3) is 0 Å². The van der Waals surface area contributed by atoms with Gasteiger partial charge < -0.3 is 5.11 Å². The van der Waals surface area contributed by atoms with Crippen LogP contribution in [0.3, 0.4) is 0 Å². The Labute approximate surface area is 124 Å². The number of nitrogens with zero attached hydrogens (tertiary/aromatic N) is 1. The number of hydrogen-bond donors (Lipinski definition) is 2. The van der Waals surface area contributed by atoms with Crippen LogP contribution in [0.4, 0.5) is 0 Å². The van der Waals surface area contributed by atoms with E-state index in [0.29, 0.717) is 18.8 Å². The monoisotopic (exact) mass is 318 g/mol. The van der Waals surface area contributed by atoms with Gasteiger partial charge in [0.05, 0.1) is 5.60 Å². The maximum Gasteiger partial charge on any atom is 0.242 e. The van der Waals surface area contributed by atoms with E-state index in [1.54, 1.807) is 0 Å². The Morgan fingerprint density at radius 3 is 2.90 bits per heavy atom. The smallest absolute Gasteiger partial charge is 0.242 e. The van der Waals surface area contributed by atoms with Gasteiger partial charge >= 0.3 is 0 Å². The maximum absolute atomic E-state index is 12.1. The third-order valence-corrected chi connectivity index (χ3v) is 5.28. The average Bonchev–Trinajstić information content (AvgIpc) is 2.37. The number of aliphatic hydroxyl groups is 1. The van der Waals surface area contributed by atoms with Gasteiger partial charge in [-0.05, 0) is 30.9 Å². The van der Waals surface area contributed by atoms with Crippen LogP contribution in [0.1, 0.15) is 32.6 Å². The normalized spacial score (nSPS) is 27.4. The molecule has 1 aliphatic rings. The largest absolute Gasteiger partial charge is 0.389 e. The highest BCUT2D eigenvalue weighted by Gasteiger charge is 2.33. The molecule has 2 N–H and O–H groups in total. The summed E-state index contributed by atoms with van der Waals surface area (Å²) in [6.07, 6.45) is 4.45. The summed E-state index contributed by atoms with van der Waals surface area (Å²) in [6, 6.07) is 2.82. The minimum Gasteiger partial charge on any atom is -0.389 e. The van der Waals surface area contributed by atoms with Crippen LogP contribution in [0, 0.1) is 5.92 Å². The molecule has 112 valence electrons. The number of rotatable bonds is 4. The molecule has 7 heteroatoms. The fourth-order valence-corrected chi connectivity index (χ4v) is 3.80. The first-order valence-electron chi connectivity index (χ1n) is 6.64. The lowest BCUT2D eigenvalue weighted by molar-refractivity contribution is -0.00751. The molecule has 1 aliphatic carbocycles. The molecule has 0 amide bonds. The lowest BCUT2D eigenvalue weighted by Crippen LogP contribution is -2.45. The highest BCUT2D eigenvalue weighted by molar-refractivity contribution is 7.89. The van der Waals surface area contributed by atoms with Gasteiger partial charge in [-0.3, -0.25) is 0 Å². The zero-order chi connectivity index (χ0) is 14.8. The molecule has 0 bridgehead atoms. The van der Waals surface area contributed by atoms with Crippen LogP contribution in [0.5, 0.6) is 0 Å². The van der Waals surface area contributed by atoms with E-state index in [-0.39, 0.29) is 16.6 Å². The molecule has 0 aliphatic heterocycles. The van der Waals surface area contributed by atoms with Crippen molar-refractivity contribution in [3.63, 3.8) is 0 Å². The second-order valence-electron chi connectivity index (χ2n) is 5.57. The molecule has 0 spiro atoms. The third-order valence-electron chi connectivity index (χ3n) is 3.67. The highest BCUT2D eigenvalue weighted by atomic mass is 35.5. The van der Waals surface area contributed by atoms with E-state index in [1.165, 1.54) is 18.3 Å². The number of hydrogen-bond acceptors (Lipinski definition) is 4. The first-order valence-corrected chi connectivity index (χ1v) is 8.50. The van der Waals surface area contributed by atoms with Crippen LogP contribution >= 0.6 is 11.6 Å². The van der Waals surface area contributed by atoms with E-state index in [1.807, 2.05) is 0 Å². The van der Waals surface area contributed by atoms with Crippen molar-refractivity contribution in [1.82, 2.24) is 9.71 Å². The molecule has 1 fully saturated rings. The van der Waals surface area contributed by atoms with E-state index in [0.717, 1.165) is 12.8 Å². The lowest BCUT2D eigenvalue weighted by atomic mass is 9.79. The molecule has 1 heterocycles. The topological polar surface area (TPSA) is 79.3 Å². The van der Waals surface area contributed by atoms with Crippen LogP contribution in [0.15, 0.2) is 23.2 Å². The Kier molecular flexibility index (Phi) is 4.69. The van der Waals surface area contributed by atoms with Crippen molar-refractivity contribution in [2.45, 2.75) is 43.1 Å². The second kappa shape index (κ2) is 5.97. The van der Waals surface area contributed by atoms with Crippen molar-refractivity contribution in [3.05, 3.63) is 23.5 Å². The predicted molar refractivity (Wildman–Crippen MR) is 77.0 cm³/mol. The summed E-state index contributed by atoms with van der Waals surface area (Å²) < 4.78 is 26.7. The van der Waals surface area contributed by atoms with Crippen LogP contribution in [0.25, 0.3) is 0 Å². The van der Waals surface area contributed by atoms with Crippen LogP contribution in [-0.4, -0.2) is 30.7 Å². The quantitative estimate of drug-likeness (QED) is 0.832. The molecule has 1 aromatic heterocycles. The van der Waals surface area contributed by atoms with Gasteiger partial charge in [-0.2, -0.15) is 0 Å². The molecular weight excluding hydrogens is 300 g/mol. The van der Waals surface area contributed by atoms with E-state index in [4.69, 9.17) is 11.6 Å². The van der Waals surface area contributed by atoms with Gasteiger partial charge in [-0.1, -0.05) is 31.4 Å². The average molecular weight is 319 g/mol. The van der Waals surface area contributed by atoms with Gasteiger partial charge in [0.15, 0.2) is 0 Å². The van der Waals surface area contributed by atoms with Gasteiger partial charge in [0, 0.05) is 12.7 Å². The Morgan fingerprint density at radius 1 is 1.55 bits per heavy atom. The molecule has 1 saturated carbocycles. The third kappa shape index (κ3) is 3.91. The summed E-state index contributed by atoms with van der Waals surface area (Å²) in [5.41, 5.74) is -0.954. The van der Waals surface area contributed by atoms with Crippen LogP contribution in [0.2, 0.25) is 5.15 Å². The zero-order valence-corrected chi connectivity index (χ0v) is 12.9. The van der Waals surface area contributed by atoms with Crippen LogP contribution in [-0.2, 0) is 10.0 Å². The van der Waals surface area contributed by atoms with Crippen molar-refractivity contribution in [2.75, 3.05) is 6.54 Å². The summed E-state index contributed by atoms with van der Waals surface area (Å²) in [5, 5.41) is 10.7. The first kappa shape index (κ1) is 15.7. The lowest BCUT2D eigenvalue weighted by Gasteiger charge is -2.35. The van der Waals surface area contributed by atoms with E-state index in [9.17, 15) is 13.5 Å². The SMILES string of the molecule is CC1CCCC(O)(CNS(=O)(=O)c2ccc(Cl)nc2)C1. The van der Waals surface area contributed by atoms with Gasteiger partial charge in [0.2, 0.25) is 10.0 Å². The summed E-state index contributed by atoms with van der Waals surface area (Å²) in [7, 11) is -3.66. The van der Waals surface area contributed by atoms with Crippen molar-refractivity contribution in [1.29, 1.82) is 0 Å². The minimum atomic E-state index is -3.66. The first-order chi connectivity index (χ1) is 9.31. The van der Waals surface area contributed by atoms with Crippen LogP contribution < -0.4 is 4.72 Å². The molecule has 2 rings (SSSR count). The zero-order valence-electron chi connectivity index (χ0n) is 11.3. The molecule has 0 radical (unpaired) electrons. The number of pyridine rings is 1. The summed E-state index contributed by atoms with van der Waals surface area (Å²) in [4.78, 5) is 3.80. The fraction of sp³-hybridized carbons (Fsp3) is 0.615. The Bertz CT molecular complexity index is 561. The Hall–Kier alpha value is -0.690. The number of halogens is 1. The summed E-state index contributed by atoms with van der Waals surface area (Å²) in [6.45, 7) is 2.10. The molecule has 2 atom stereocenters. The standard InChI is InChI=1S/C13H19ClN2O3S/c1-10-3-2-6-13(17,7-10)9-16-20(18,19)11-4-5-12(14)15-8-11/h4-5,8,10,16-17H,2-3,6-7,9H2,1H3. The molecule has 5 nitrogen and oxygen atoms in total. The molecule has 0 aromatic carbocycles. The number of aromatic nitrogens is 1. The predicted octanol–water partition coefficient (Wildman–Crippen LogP) is 1.95. The summed E-state index contributed by atoms with van der Waals surface area (Å²) >= 11 is 5.63. The molecule has 20 heavy (non-hydrogen) atoms. The van der Waals surface area contributed by atoms with Crippen molar-refractivity contribution >= 4 is 21.6 Å². The molecule has 0 saturated heterocycles. The minimum absolute atomic E-state index is 0.0301. The molecule has 1 aromatic rings. The highest BCUT2D eigenvalue weighted by Crippen LogP contribution is 2.31. The van der Waals surface area contributed by atoms with Crippen molar-refractivity contribution in [2.24, 2.45) is 5.92 Å². The van der Waals surface area contributed by atoms with E-state index >= 15 is 0 Å². The van der Waals surface area contributed by atoms with Gasteiger partial charge in [-0.25, -0.2) is 18.1 Å². The van der Waals surface area contributed by atoms with Crippen molar-refractivity contribution < 1.29 is 13.5 Å². The fourth-order valence-electron chi connectivity index (χ4n) is 2.63. The van der Waals surface area contributed by atoms with Gasteiger partial charge in [0.1, 0.15) is 10.0 Å². The van der Waals surface area contributed by atoms with Gasteiger partial charge in [-0.15, -0.1) is 0 Å². The number of sulfonamides is 1. The van der Waals surface area contributed by atoms with E-state index < -0.39 is 15.6 Å².